The molecule has 1 aromatic carbocycles. The van der Waals surface area contributed by atoms with Gasteiger partial charge in [-0.15, -0.1) is 0 Å². The monoisotopic (exact) mass is 392 g/mol. The van der Waals surface area contributed by atoms with Crippen molar-refractivity contribution in [2.45, 2.75) is 65.3 Å². The zero-order valence-electron chi connectivity index (χ0n) is 17.0. The molecule has 1 fully saturated rings. The third-order valence-electron chi connectivity index (χ3n) is 5.54. The van der Waals surface area contributed by atoms with Gasteiger partial charge in [-0.3, -0.25) is 9.59 Å². The van der Waals surface area contributed by atoms with Gasteiger partial charge in [0.25, 0.3) is 0 Å². The minimum absolute atomic E-state index is 0.0281. The van der Waals surface area contributed by atoms with E-state index in [4.69, 9.17) is 11.6 Å². The minimum Gasteiger partial charge on any atom is -0.344 e. The quantitative estimate of drug-likeness (QED) is 0.735. The highest BCUT2D eigenvalue weighted by molar-refractivity contribution is 6.30. The fourth-order valence-corrected chi connectivity index (χ4v) is 3.78. The van der Waals surface area contributed by atoms with Gasteiger partial charge in [0.2, 0.25) is 11.8 Å². The topological polar surface area (TPSA) is 49.4 Å². The highest BCUT2D eigenvalue weighted by Crippen LogP contribution is 2.29. The van der Waals surface area contributed by atoms with Crippen molar-refractivity contribution in [3.05, 3.63) is 34.9 Å². The molecule has 1 heterocycles. The largest absolute Gasteiger partial charge is 0.344 e. The van der Waals surface area contributed by atoms with Gasteiger partial charge in [0.15, 0.2) is 0 Å². The highest BCUT2D eigenvalue weighted by atomic mass is 35.5. The van der Waals surface area contributed by atoms with Crippen LogP contribution < -0.4 is 5.32 Å². The molecule has 2 rings (SSSR count). The first-order chi connectivity index (χ1) is 12.8. The number of rotatable bonds is 7. The normalized spacial score (nSPS) is 17.6. The molecular formula is C22H33ClN2O2. The molecule has 2 amide bonds. The van der Waals surface area contributed by atoms with Gasteiger partial charge < -0.3 is 10.2 Å². The Hall–Kier alpha value is -1.55. The van der Waals surface area contributed by atoms with E-state index in [0.717, 1.165) is 37.4 Å². The summed E-state index contributed by atoms with van der Waals surface area (Å²) in [6, 6.07) is 7.60. The zero-order valence-corrected chi connectivity index (χ0v) is 17.8. The lowest BCUT2D eigenvalue weighted by atomic mass is 9.88. The number of nitrogens with one attached hydrogen (secondary N) is 1. The molecule has 1 N–H and O–H groups in total. The number of benzene rings is 1. The van der Waals surface area contributed by atoms with E-state index in [1.807, 2.05) is 37.8 Å². The number of carbonyl (C=O) groups excluding carboxylic acids is 2. The van der Waals surface area contributed by atoms with Crippen molar-refractivity contribution in [2.24, 2.45) is 11.8 Å². The van der Waals surface area contributed by atoms with E-state index in [0.29, 0.717) is 12.3 Å². The van der Waals surface area contributed by atoms with Crippen molar-refractivity contribution in [2.75, 3.05) is 13.1 Å². The van der Waals surface area contributed by atoms with Crippen LogP contribution in [0.15, 0.2) is 24.3 Å². The summed E-state index contributed by atoms with van der Waals surface area (Å²) in [6.45, 7) is 9.60. The van der Waals surface area contributed by atoms with Gasteiger partial charge in [-0.25, -0.2) is 0 Å². The fraction of sp³-hybridized carbons (Fsp3) is 0.636. The minimum atomic E-state index is -0.423. The lowest BCUT2D eigenvalue weighted by Gasteiger charge is -2.36. The second kappa shape index (κ2) is 10.1. The van der Waals surface area contributed by atoms with Crippen LogP contribution in [-0.4, -0.2) is 35.8 Å². The van der Waals surface area contributed by atoms with Crippen LogP contribution in [0.3, 0.4) is 0 Å². The molecule has 27 heavy (non-hydrogen) atoms. The predicted octanol–water partition coefficient (Wildman–Crippen LogP) is 4.62. The van der Waals surface area contributed by atoms with Crippen LogP contribution in [-0.2, 0) is 9.59 Å². The molecule has 0 unspecified atom stereocenters. The lowest BCUT2D eigenvalue weighted by Crippen LogP contribution is -2.53. The highest BCUT2D eigenvalue weighted by Gasteiger charge is 2.32. The standard InChI is InChI=1S/C22H33ClN2O2/c1-5-16(4)21(24-20(26)14-15(2)3)22(27)25-12-10-18(11-13-25)17-6-8-19(23)9-7-17/h6-9,15-16,18,21H,5,10-14H2,1-4H3,(H,24,26)/t16-,21-/m1/s1. The Morgan fingerprint density at radius 2 is 1.74 bits per heavy atom. The number of hydrogen-bond acceptors (Lipinski definition) is 2. The molecule has 0 aromatic heterocycles. The van der Waals surface area contributed by atoms with Gasteiger partial charge in [0.05, 0.1) is 0 Å². The van der Waals surface area contributed by atoms with E-state index in [-0.39, 0.29) is 23.7 Å². The fourth-order valence-electron chi connectivity index (χ4n) is 3.65. The predicted molar refractivity (Wildman–Crippen MR) is 111 cm³/mol. The molecule has 0 radical (unpaired) electrons. The van der Waals surface area contributed by atoms with Gasteiger partial charge in [0, 0.05) is 24.5 Å². The molecule has 4 nitrogen and oxygen atoms in total. The van der Waals surface area contributed by atoms with Crippen LogP contribution in [0, 0.1) is 11.8 Å². The Kier molecular flexibility index (Phi) is 8.15. The molecule has 1 aliphatic heterocycles. The SMILES string of the molecule is CC[C@@H](C)[C@@H](NC(=O)CC(C)C)C(=O)N1CCC(c2ccc(Cl)cc2)CC1. The molecule has 2 atom stereocenters. The summed E-state index contributed by atoms with van der Waals surface area (Å²) in [5.74, 6) is 0.912. The molecule has 1 aliphatic rings. The van der Waals surface area contributed by atoms with Crippen molar-refractivity contribution in [1.82, 2.24) is 10.2 Å². The lowest BCUT2D eigenvalue weighted by molar-refractivity contribution is -0.139. The van der Waals surface area contributed by atoms with Crippen LogP contribution in [0.2, 0.25) is 5.02 Å². The molecule has 5 heteroatoms. The maximum Gasteiger partial charge on any atom is 0.245 e. The maximum atomic E-state index is 13.1. The molecule has 0 bridgehead atoms. The zero-order chi connectivity index (χ0) is 20.0. The van der Waals surface area contributed by atoms with E-state index in [2.05, 4.69) is 24.4 Å². The number of hydrogen-bond donors (Lipinski definition) is 1. The van der Waals surface area contributed by atoms with Crippen LogP contribution in [0.5, 0.6) is 0 Å². The van der Waals surface area contributed by atoms with Gasteiger partial charge in [-0.1, -0.05) is 57.8 Å². The Balaban J connectivity index is 1.97. The number of halogens is 1. The first-order valence-electron chi connectivity index (χ1n) is 10.1. The van der Waals surface area contributed by atoms with Crippen molar-refractivity contribution in [3.63, 3.8) is 0 Å². The summed E-state index contributed by atoms with van der Waals surface area (Å²) in [7, 11) is 0. The first kappa shape index (κ1) is 21.7. The molecule has 1 aromatic rings. The number of carbonyl (C=O) groups is 2. The summed E-state index contributed by atoms with van der Waals surface area (Å²) >= 11 is 5.98. The molecule has 0 aliphatic carbocycles. The third kappa shape index (κ3) is 6.24. The van der Waals surface area contributed by atoms with E-state index < -0.39 is 6.04 Å². The van der Waals surface area contributed by atoms with Crippen LogP contribution in [0.25, 0.3) is 0 Å². The summed E-state index contributed by atoms with van der Waals surface area (Å²) in [5, 5.41) is 3.75. The molecule has 0 spiro atoms. The number of nitrogens with zero attached hydrogens (tertiary/aromatic N) is 1. The summed E-state index contributed by atoms with van der Waals surface area (Å²) in [6.07, 6.45) is 3.21. The Labute approximate surface area is 168 Å². The number of amides is 2. The van der Waals surface area contributed by atoms with Gasteiger partial charge in [-0.05, 0) is 48.3 Å². The van der Waals surface area contributed by atoms with E-state index in [1.54, 1.807) is 0 Å². The van der Waals surface area contributed by atoms with Crippen molar-refractivity contribution >= 4 is 23.4 Å². The third-order valence-corrected chi connectivity index (χ3v) is 5.79. The summed E-state index contributed by atoms with van der Waals surface area (Å²) in [5.41, 5.74) is 1.29. The van der Waals surface area contributed by atoms with Crippen LogP contribution in [0.4, 0.5) is 0 Å². The summed E-state index contributed by atoms with van der Waals surface area (Å²) in [4.78, 5) is 27.3. The van der Waals surface area contributed by atoms with Gasteiger partial charge >= 0.3 is 0 Å². The van der Waals surface area contributed by atoms with Gasteiger partial charge in [-0.2, -0.15) is 0 Å². The van der Waals surface area contributed by atoms with Crippen LogP contribution >= 0.6 is 11.6 Å². The summed E-state index contributed by atoms with van der Waals surface area (Å²) < 4.78 is 0. The molecular weight excluding hydrogens is 360 g/mol. The Morgan fingerprint density at radius 3 is 2.26 bits per heavy atom. The smallest absolute Gasteiger partial charge is 0.245 e. The average Bonchev–Trinajstić information content (AvgIpc) is 2.65. The second-order valence-electron chi connectivity index (χ2n) is 8.18. The Morgan fingerprint density at radius 1 is 1.15 bits per heavy atom. The van der Waals surface area contributed by atoms with E-state index in [9.17, 15) is 9.59 Å². The molecule has 1 saturated heterocycles. The average molecular weight is 393 g/mol. The van der Waals surface area contributed by atoms with Crippen molar-refractivity contribution in [3.8, 4) is 0 Å². The Bertz CT molecular complexity index is 622. The van der Waals surface area contributed by atoms with Crippen LogP contribution in [0.1, 0.15) is 64.9 Å². The molecule has 0 saturated carbocycles. The second-order valence-corrected chi connectivity index (χ2v) is 8.62. The van der Waals surface area contributed by atoms with Crippen molar-refractivity contribution < 1.29 is 9.59 Å². The van der Waals surface area contributed by atoms with Gasteiger partial charge in [0.1, 0.15) is 6.04 Å². The maximum absolute atomic E-state index is 13.1. The first-order valence-corrected chi connectivity index (χ1v) is 10.5. The van der Waals surface area contributed by atoms with Crippen molar-refractivity contribution in [1.29, 1.82) is 0 Å². The van der Waals surface area contributed by atoms with E-state index >= 15 is 0 Å². The number of likely N-dealkylation sites (tertiary alicyclic amines) is 1. The number of piperidine rings is 1. The van der Waals surface area contributed by atoms with E-state index in [1.165, 1.54) is 5.56 Å². The molecule has 150 valence electrons.